The van der Waals surface area contributed by atoms with Crippen LogP contribution in [0.5, 0.6) is 0 Å². The third-order valence-corrected chi connectivity index (χ3v) is 17.9. The largest absolute Gasteiger partial charge is 0.399 e. The van der Waals surface area contributed by atoms with Crippen LogP contribution in [0.25, 0.3) is 93.6 Å². The van der Waals surface area contributed by atoms with Crippen molar-refractivity contribution in [2.45, 2.75) is 86.0 Å². The molecule has 20 nitrogen and oxygen atoms in total. The average molecular weight is 1490 g/mol. The number of benzene rings is 8. The molecular formula is C92H94N16O4. The van der Waals surface area contributed by atoms with Crippen LogP contribution in [0.4, 0.5) is 46.0 Å². The molecule has 20 heteroatoms. The van der Waals surface area contributed by atoms with Gasteiger partial charge < -0.3 is 44.2 Å². The fraction of sp³-hybridized carbons (Fsp3) is 0.174. The molecule has 0 spiro atoms. The normalized spacial score (nSPS) is 12.2. The molecule has 8 aromatic carbocycles. The van der Waals surface area contributed by atoms with Crippen LogP contribution in [0.3, 0.4) is 0 Å². The van der Waals surface area contributed by atoms with Crippen molar-refractivity contribution in [3.63, 3.8) is 0 Å². The number of carbonyl (C=O) groups excluding carboxylic acids is 4. The van der Waals surface area contributed by atoms with Gasteiger partial charge in [0.15, 0.2) is 23.3 Å². The molecule has 0 saturated heterocycles. The second kappa shape index (κ2) is 41.5. The molecule has 4 amide bonds. The maximum Gasteiger partial charge on any atom is 0.228 e. The summed E-state index contributed by atoms with van der Waals surface area (Å²) in [4.78, 5) is 85.4. The number of hydrogen-bond donors (Lipinski definition) is 8. The van der Waals surface area contributed by atoms with E-state index in [4.69, 9.17) is 37.9 Å². The Morgan fingerprint density at radius 3 is 0.946 bits per heavy atom. The Hall–Kier alpha value is -13.9. The summed E-state index contributed by atoms with van der Waals surface area (Å²) in [6, 6.07) is 69.6. The van der Waals surface area contributed by atoms with E-state index in [0.717, 1.165) is 75.2 Å². The lowest BCUT2D eigenvalue weighted by Gasteiger charge is -2.20. The smallest absolute Gasteiger partial charge is 0.228 e. The molecule has 12 aromatic rings. The first-order valence-corrected chi connectivity index (χ1v) is 37.4. The van der Waals surface area contributed by atoms with Crippen molar-refractivity contribution >= 4 is 118 Å². The number of nitrogens with one attached hydrogen (secondary N) is 4. The van der Waals surface area contributed by atoms with Gasteiger partial charge in [-0.15, -0.1) is 0 Å². The highest BCUT2D eigenvalue weighted by Gasteiger charge is 2.20. The third kappa shape index (κ3) is 25.7. The van der Waals surface area contributed by atoms with Crippen molar-refractivity contribution < 1.29 is 19.2 Å². The van der Waals surface area contributed by atoms with Crippen LogP contribution in [0.15, 0.2) is 243 Å². The molecular weight excluding hydrogens is 1390 g/mol. The number of carbonyl (C=O) groups is 4. The molecule has 12 N–H and O–H groups in total. The number of amides is 4. The van der Waals surface area contributed by atoms with Gasteiger partial charge in [0.25, 0.3) is 0 Å². The lowest BCUT2D eigenvalue weighted by Crippen LogP contribution is -2.21. The predicted molar refractivity (Wildman–Crippen MR) is 459 cm³/mol. The van der Waals surface area contributed by atoms with E-state index in [0.29, 0.717) is 98.9 Å². The van der Waals surface area contributed by atoms with Crippen LogP contribution >= 0.6 is 0 Å². The van der Waals surface area contributed by atoms with Crippen LogP contribution in [0.1, 0.15) is 131 Å². The van der Waals surface area contributed by atoms with Gasteiger partial charge in [-0.25, -0.2) is 39.9 Å². The molecule has 4 heterocycles. The Kier molecular flexibility index (Phi) is 29.9. The van der Waals surface area contributed by atoms with Gasteiger partial charge in [0.2, 0.25) is 23.6 Å². The Bertz CT molecular complexity index is 5170. The first-order valence-electron chi connectivity index (χ1n) is 37.4. The fourth-order valence-corrected chi connectivity index (χ4v) is 11.6. The van der Waals surface area contributed by atoms with Gasteiger partial charge in [0, 0.05) is 70.7 Å². The minimum Gasteiger partial charge on any atom is -0.399 e. The van der Waals surface area contributed by atoms with Crippen LogP contribution in [-0.2, 0) is 19.2 Å². The number of nitrogen functional groups attached to an aromatic ring is 4. The summed E-state index contributed by atoms with van der Waals surface area (Å²) < 4.78 is 0. The standard InChI is InChI=1S/C26H28N4O.2C23H24N4O.C20H18N4O/c27-22-14-12-21(13-15-22)24-18-28-26(30-25(31)17-20-9-5-2-6-10-20)23(29-24)16-11-19-7-3-1-4-8-19;1-16(2)14-22(28)27-23-20(13-8-17-6-4-3-5-7-17)26-21(15-25-23)18-9-11-19(24)12-10-18;1-3-16(2)23(28)27-22-20(14-9-17-7-5-4-6-8-17)26-21(15-25-22)18-10-12-19(24)13-11-18;1-14(25)23-20-18(12-7-15-5-3-2-4-6-15)24-19(13-22-20)16-8-10-17(21)11-9-16/h1,3-4,7-8,11-16,18,20H,2,5-6,9-10,17,27H2,(H,28,30,31);3-13,15-16H,14,24H2,1-2H3,(H,25,27,28);4-16H,3,24H2,1-2H3,(H,25,27,28);2-13H,21H2,1H3,(H,22,23,25)/b16-11+;13-8+;14-9+;12-7+. The van der Waals surface area contributed by atoms with E-state index >= 15 is 0 Å². The summed E-state index contributed by atoms with van der Waals surface area (Å²) in [6.07, 6.45) is 29.7. The first-order chi connectivity index (χ1) is 54.4. The Labute approximate surface area is 654 Å². The second-order valence-corrected chi connectivity index (χ2v) is 27.3. The summed E-state index contributed by atoms with van der Waals surface area (Å²) in [5.41, 5.74) is 39.0. The number of nitrogens with zero attached hydrogens (tertiary/aromatic N) is 8. The van der Waals surface area contributed by atoms with Gasteiger partial charge >= 0.3 is 0 Å². The number of rotatable bonds is 22. The Morgan fingerprint density at radius 1 is 0.375 bits per heavy atom. The highest BCUT2D eigenvalue weighted by Crippen LogP contribution is 2.30. The Balaban J connectivity index is 0.000000159. The molecule has 1 fully saturated rings. The summed E-state index contributed by atoms with van der Waals surface area (Å²) in [5, 5.41) is 11.5. The van der Waals surface area contributed by atoms with Gasteiger partial charge in [-0.2, -0.15) is 0 Å². The third-order valence-electron chi connectivity index (χ3n) is 17.9. The molecule has 13 rings (SSSR count). The minimum atomic E-state index is -0.191. The molecule has 1 aliphatic rings. The zero-order valence-electron chi connectivity index (χ0n) is 63.6. The molecule has 0 radical (unpaired) electrons. The average Bonchev–Trinajstić information content (AvgIpc) is 0.842. The Morgan fingerprint density at radius 2 is 0.661 bits per heavy atom. The van der Waals surface area contributed by atoms with Crippen molar-refractivity contribution in [3.05, 3.63) is 288 Å². The summed E-state index contributed by atoms with van der Waals surface area (Å²) in [6.45, 7) is 9.33. The van der Waals surface area contributed by atoms with E-state index in [-0.39, 0.29) is 35.5 Å². The minimum absolute atomic E-state index is 0.01000. The fourth-order valence-electron chi connectivity index (χ4n) is 11.6. The zero-order chi connectivity index (χ0) is 79.0. The SMILES string of the molecule is CC(=O)Nc1ncc(-c2ccc(N)cc2)nc1/C=C/c1ccccc1.CC(C)CC(=O)Nc1ncc(-c2ccc(N)cc2)nc1/C=C/c1ccccc1.CCC(C)C(=O)Nc1ncc(-c2ccc(N)cc2)nc1/C=C/c1ccccc1.Nc1ccc(-c2cnc(NC(=O)CC3CCCCC3)c(/C=C/c3ccccc3)n2)cc1. The van der Waals surface area contributed by atoms with Crippen molar-refractivity contribution in [1.82, 2.24) is 39.9 Å². The van der Waals surface area contributed by atoms with E-state index in [1.54, 1.807) is 24.8 Å². The molecule has 1 unspecified atom stereocenters. The highest BCUT2D eigenvalue weighted by atomic mass is 16.2. The lowest BCUT2D eigenvalue weighted by molar-refractivity contribution is -0.119. The quantitative estimate of drug-likeness (QED) is 0.0292. The van der Waals surface area contributed by atoms with Gasteiger partial charge in [-0.1, -0.05) is 241 Å². The molecule has 1 aliphatic carbocycles. The summed E-state index contributed by atoms with van der Waals surface area (Å²) >= 11 is 0. The van der Waals surface area contributed by atoms with E-state index < -0.39 is 0 Å². The van der Waals surface area contributed by atoms with Crippen LogP contribution < -0.4 is 44.2 Å². The van der Waals surface area contributed by atoms with Crippen molar-refractivity contribution in [2.24, 2.45) is 17.8 Å². The second-order valence-electron chi connectivity index (χ2n) is 27.3. The maximum atomic E-state index is 12.7. The van der Waals surface area contributed by atoms with Crippen LogP contribution in [-0.4, -0.2) is 63.5 Å². The molecule has 4 aromatic heterocycles. The number of nitrogens with two attached hydrogens (primary N) is 4. The number of anilines is 8. The predicted octanol–water partition coefficient (Wildman–Crippen LogP) is 19.4. The molecule has 0 bridgehead atoms. The zero-order valence-corrected chi connectivity index (χ0v) is 63.6. The van der Waals surface area contributed by atoms with E-state index in [1.165, 1.54) is 26.2 Å². The van der Waals surface area contributed by atoms with E-state index in [9.17, 15) is 19.2 Å². The van der Waals surface area contributed by atoms with Gasteiger partial charge in [0.1, 0.15) is 22.8 Å². The van der Waals surface area contributed by atoms with Crippen LogP contribution in [0.2, 0.25) is 0 Å². The highest BCUT2D eigenvalue weighted by molar-refractivity contribution is 5.95. The molecule has 1 saturated carbocycles. The van der Waals surface area contributed by atoms with Gasteiger partial charge in [0.05, 0.1) is 47.6 Å². The van der Waals surface area contributed by atoms with E-state index in [1.807, 2.05) is 295 Å². The van der Waals surface area contributed by atoms with E-state index in [2.05, 4.69) is 46.2 Å². The summed E-state index contributed by atoms with van der Waals surface area (Å²) in [7, 11) is 0. The number of aromatic nitrogens is 8. The van der Waals surface area contributed by atoms with Crippen molar-refractivity contribution in [3.8, 4) is 45.0 Å². The maximum absolute atomic E-state index is 12.7. The van der Waals surface area contributed by atoms with Crippen molar-refractivity contribution in [2.75, 3.05) is 44.2 Å². The van der Waals surface area contributed by atoms with Crippen LogP contribution in [0, 0.1) is 17.8 Å². The first kappa shape index (κ1) is 80.7. The number of hydrogen-bond acceptors (Lipinski definition) is 16. The topological polar surface area (TPSA) is 324 Å². The molecule has 112 heavy (non-hydrogen) atoms. The molecule has 1 atom stereocenters. The van der Waals surface area contributed by atoms with Gasteiger partial charge in [-0.3, -0.25) is 19.2 Å². The monoisotopic (exact) mass is 1490 g/mol. The molecule has 566 valence electrons. The van der Waals surface area contributed by atoms with Gasteiger partial charge in [-0.05, 0) is 126 Å². The van der Waals surface area contributed by atoms with Crippen molar-refractivity contribution in [1.29, 1.82) is 0 Å². The molecule has 0 aliphatic heterocycles. The summed E-state index contributed by atoms with van der Waals surface area (Å²) in [5.74, 6) is 2.17. The lowest BCUT2D eigenvalue weighted by atomic mass is 9.87.